The summed E-state index contributed by atoms with van der Waals surface area (Å²) in [5, 5.41) is 0.212. The van der Waals surface area contributed by atoms with E-state index < -0.39 is 18.3 Å². The van der Waals surface area contributed by atoms with E-state index in [4.69, 9.17) is 11.6 Å². The third kappa shape index (κ3) is 1.59. The summed E-state index contributed by atoms with van der Waals surface area (Å²) in [7, 11) is 0. The second-order valence-corrected chi connectivity index (χ2v) is 4.33. The molecule has 0 aliphatic heterocycles. The van der Waals surface area contributed by atoms with Crippen LogP contribution < -0.4 is 0 Å². The number of halogens is 5. The highest BCUT2D eigenvalue weighted by Gasteiger charge is 2.58. The maximum Gasteiger partial charge on any atom is 0.426 e. The highest BCUT2D eigenvalue weighted by atomic mass is 35.5. The SMILES string of the molecule is FC(F)(F)C1(F)CCCc2c(Cl)cccc21. The second-order valence-electron chi connectivity index (χ2n) is 3.92. The summed E-state index contributed by atoms with van der Waals surface area (Å²) >= 11 is 5.79. The Labute approximate surface area is 95.2 Å². The Bertz CT molecular complexity index is 413. The number of hydrogen-bond acceptors (Lipinski definition) is 0. The quantitative estimate of drug-likeness (QED) is 0.600. The van der Waals surface area contributed by atoms with Gasteiger partial charge in [-0.2, -0.15) is 13.2 Å². The molecule has 0 aromatic heterocycles. The van der Waals surface area contributed by atoms with Crippen molar-refractivity contribution in [1.29, 1.82) is 0 Å². The largest absolute Gasteiger partial charge is 0.426 e. The van der Waals surface area contributed by atoms with Crippen molar-refractivity contribution >= 4 is 11.6 Å². The summed E-state index contributed by atoms with van der Waals surface area (Å²) < 4.78 is 52.2. The molecular weight excluding hydrogens is 244 g/mol. The van der Waals surface area contributed by atoms with Gasteiger partial charge in [0.1, 0.15) is 0 Å². The summed E-state index contributed by atoms with van der Waals surface area (Å²) in [5.74, 6) is 0. The minimum atomic E-state index is -4.88. The highest BCUT2D eigenvalue weighted by Crippen LogP contribution is 2.50. The first-order chi connectivity index (χ1) is 7.36. The molecule has 1 aliphatic rings. The van der Waals surface area contributed by atoms with Gasteiger partial charge < -0.3 is 0 Å². The number of rotatable bonds is 0. The number of hydrogen-bond donors (Lipinski definition) is 0. The Balaban J connectivity index is 2.61. The van der Waals surface area contributed by atoms with E-state index in [0.29, 0.717) is 6.42 Å². The Kier molecular flexibility index (Phi) is 2.65. The van der Waals surface area contributed by atoms with Crippen molar-refractivity contribution < 1.29 is 17.6 Å². The summed E-state index contributed by atoms with van der Waals surface area (Å²) in [5.41, 5.74) is -3.28. The van der Waals surface area contributed by atoms with Crippen molar-refractivity contribution in [3.8, 4) is 0 Å². The van der Waals surface area contributed by atoms with Crippen molar-refractivity contribution in [1.82, 2.24) is 0 Å². The molecule has 16 heavy (non-hydrogen) atoms. The third-order valence-corrected chi connectivity index (χ3v) is 3.30. The van der Waals surface area contributed by atoms with Crippen LogP contribution in [-0.2, 0) is 12.1 Å². The van der Waals surface area contributed by atoms with Crippen LogP contribution in [0.15, 0.2) is 18.2 Å². The molecule has 88 valence electrons. The fourth-order valence-electron chi connectivity index (χ4n) is 2.12. The lowest BCUT2D eigenvalue weighted by atomic mass is 9.80. The molecule has 1 aromatic carbocycles. The highest BCUT2D eigenvalue weighted by molar-refractivity contribution is 6.31. The van der Waals surface area contributed by atoms with Crippen molar-refractivity contribution in [3.63, 3.8) is 0 Å². The zero-order valence-corrected chi connectivity index (χ0v) is 9.00. The van der Waals surface area contributed by atoms with Crippen LogP contribution in [0.2, 0.25) is 5.02 Å². The van der Waals surface area contributed by atoms with E-state index >= 15 is 0 Å². The van der Waals surface area contributed by atoms with Crippen molar-refractivity contribution in [3.05, 3.63) is 34.3 Å². The van der Waals surface area contributed by atoms with E-state index in [1.807, 2.05) is 0 Å². The van der Waals surface area contributed by atoms with Gasteiger partial charge in [0.05, 0.1) is 0 Å². The van der Waals surface area contributed by atoms with Crippen LogP contribution in [0.1, 0.15) is 24.0 Å². The number of fused-ring (bicyclic) bond motifs is 1. The Hall–Kier alpha value is -0.770. The molecule has 2 rings (SSSR count). The zero-order chi connectivity index (χ0) is 12.0. The van der Waals surface area contributed by atoms with Crippen molar-refractivity contribution in [2.24, 2.45) is 0 Å². The van der Waals surface area contributed by atoms with Gasteiger partial charge in [-0.05, 0) is 30.9 Å². The first-order valence-electron chi connectivity index (χ1n) is 4.90. The molecule has 1 unspecified atom stereocenters. The molecule has 0 nitrogen and oxygen atoms in total. The van der Waals surface area contributed by atoms with E-state index in [1.54, 1.807) is 0 Å². The molecule has 0 heterocycles. The molecule has 1 aliphatic carbocycles. The van der Waals surface area contributed by atoms with Crippen LogP contribution in [0.5, 0.6) is 0 Å². The first-order valence-corrected chi connectivity index (χ1v) is 5.27. The summed E-state index contributed by atoms with van der Waals surface area (Å²) in [6, 6.07) is 4.02. The molecule has 0 radical (unpaired) electrons. The molecule has 0 bridgehead atoms. The number of benzene rings is 1. The predicted octanol–water partition coefficient (Wildman–Crippen LogP) is 4.40. The Morgan fingerprint density at radius 2 is 1.94 bits per heavy atom. The van der Waals surface area contributed by atoms with Crippen LogP contribution >= 0.6 is 11.6 Å². The van der Waals surface area contributed by atoms with Gasteiger partial charge >= 0.3 is 6.18 Å². The maximum absolute atomic E-state index is 14.1. The molecule has 5 heteroatoms. The fourth-order valence-corrected chi connectivity index (χ4v) is 2.39. The molecule has 0 saturated heterocycles. The molecule has 0 amide bonds. The van der Waals surface area contributed by atoms with E-state index in [2.05, 4.69) is 0 Å². The van der Waals surface area contributed by atoms with Gasteiger partial charge in [-0.1, -0.05) is 23.7 Å². The smallest absolute Gasteiger partial charge is 0.229 e. The van der Waals surface area contributed by atoms with Crippen molar-refractivity contribution in [2.45, 2.75) is 31.1 Å². The molecule has 0 fully saturated rings. The van der Waals surface area contributed by atoms with E-state index in [9.17, 15) is 17.6 Å². The van der Waals surface area contributed by atoms with Gasteiger partial charge in [-0.25, -0.2) is 4.39 Å². The van der Waals surface area contributed by atoms with Gasteiger partial charge in [0.25, 0.3) is 0 Å². The average Bonchev–Trinajstić information content (AvgIpc) is 2.18. The van der Waals surface area contributed by atoms with Gasteiger partial charge in [0, 0.05) is 10.6 Å². The molecule has 0 N–H and O–H groups in total. The standard InChI is InChI=1S/C11H9ClF4/c12-9-5-1-4-8-7(9)3-2-6-10(8,13)11(14,15)16/h1,4-5H,2-3,6H2. The first kappa shape index (κ1) is 11.7. The van der Waals surface area contributed by atoms with Crippen LogP contribution in [0.4, 0.5) is 17.6 Å². The number of alkyl halides is 4. The van der Waals surface area contributed by atoms with Gasteiger partial charge in [-0.3, -0.25) is 0 Å². The minimum Gasteiger partial charge on any atom is -0.229 e. The van der Waals surface area contributed by atoms with Crippen LogP contribution in [0.3, 0.4) is 0 Å². The van der Waals surface area contributed by atoms with Gasteiger partial charge in [0.2, 0.25) is 5.67 Å². The second kappa shape index (κ2) is 3.62. The fraction of sp³-hybridized carbons (Fsp3) is 0.455. The van der Waals surface area contributed by atoms with E-state index in [-0.39, 0.29) is 22.6 Å². The molecule has 0 spiro atoms. The summed E-state index contributed by atoms with van der Waals surface area (Å²) in [6.45, 7) is 0. The van der Waals surface area contributed by atoms with E-state index in [0.717, 1.165) is 0 Å². The monoisotopic (exact) mass is 252 g/mol. The average molecular weight is 253 g/mol. The minimum absolute atomic E-state index is 0.159. The lowest BCUT2D eigenvalue weighted by molar-refractivity contribution is -0.240. The summed E-state index contributed by atoms with van der Waals surface area (Å²) in [4.78, 5) is 0. The Morgan fingerprint density at radius 3 is 2.56 bits per heavy atom. The molecule has 1 aromatic rings. The molecular formula is C11H9ClF4. The topological polar surface area (TPSA) is 0 Å². The van der Waals surface area contributed by atoms with Gasteiger partial charge in [0.15, 0.2) is 0 Å². The Morgan fingerprint density at radius 1 is 1.25 bits per heavy atom. The molecule has 0 saturated carbocycles. The van der Waals surface area contributed by atoms with E-state index in [1.165, 1.54) is 18.2 Å². The van der Waals surface area contributed by atoms with Crippen LogP contribution in [-0.4, -0.2) is 6.18 Å². The predicted molar refractivity (Wildman–Crippen MR) is 53.2 cm³/mol. The van der Waals surface area contributed by atoms with Crippen LogP contribution in [0, 0.1) is 0 Å². The lowest BCUT2D eigenvalue weighted by Crippen LogP contribution is -2.41. The van der Waals surface area contributed by atoms with Crippen LogP contribution in [0.25, 0.3) is 0 Å². The van der Waals surface area contributed by atoms with Gasteiger partial charge in [-0.15, -0.1) is 0 Å². The van der Waals surface area contributed by atoms with Crippen molar-refractivity contribution in [2.75, 3.05) is 0 Å². The normalized spacial score (nSPS) is 25.3. The molecule has 1 atom stereocenters. The maximum atomic E-state index is 14.1. The lowest BCUT2D eigenvalue weighted by Gasteiger charge is -2.34. The summed E-state index contributed by atoms with van der Waals surface area (Å²) in [6.07, 6.45) is -4.85. The third-order valence-electron chi connectivity index (χ3n) is 2.94. The zero-order valence-electron chi connectivity index (χ0n) is 8.24.